The van der Waals surface area contributed by atoms with Gasteiger partial charge in [-0.25, -0.2) is 5.43 Å². The number of hydrogen-bond donors (Lipinski definition) is 3. The molecule has 0 radical (unpaired) electrons. The number of hydrazine groups is 1. The molecule has 0 aliphatic carbocycles. The highest BCUT2D eigenvalue weighted by molar-refractivity contribution is 5.60. The highest BCUT2D eigenvalue weighted by Gasteiger charge is 1.72. The van der Waals surface area contributed by atoms with E-state index in [0.29, 0.717) is 6.54 Å². The van der Waals surface area contributed by atoms with Crippen molar-refractivity contribution in [2.24, 2.45) is 0 Å². The molecule has 0 fully saturated rings. The number of rotatable bonds is 2. The van der Waals surface area contributed by atoms with Gasteiger partial charge in [-0.05, 0) is 6.92 Å². The Morgan fingerprint density at radius 2 is 2.00 bits per heavy atom. The molecule has 0 aliphatic rings. The summed E-state index contributed by atoms with van der Waals surface area (Å²) in [6.07, 6.45) is -1.30. The molecule has 62 valence electrons. The van der Waals surface area contributed by atoms with Gasteiger partial charge in [-0.1, -0.05) is 6.92 Å². The predicted octanol–water partition coefficient (Wildman–Crippen LogP) is -2.31. The molecule has 0 saturated heterocycles. The first-order chi connectivity index (χ1) is 4.68. The summed E-state index contributed by atoms with van der Waals surface area (Å²) in [5, 5.41) is 9.47. The summed E-state index contributed by atoms with van der Waals surface area (Å²) in [5.74, 6) is 0. The zero-order valence-electron chi connectivity index (χ0n) is 6.44. The zero-order chi connectivity index (χ0) is 8.41. The lowest BCUT2D eigenvalue weighted by Gasteiger charge is -2.03. The molecule has 5 nitrogen and oxygen atoms in total. The fraction of sp³-hybridized carbons (Fsp3) is 0.800. The summed E-state index contributed by atoms with van der Waals surface area (Å²) < 4.78 is 0. The van der Waals surface area contributed by atoms with Crippen LogP contribution in [-0.2, 0) is 0 Å². The first-order valence-electron chi connectivity index (χ1n) is 3.18. The predicted molar refractivity (Wildman–Crippen MR) is 35.6 cm³/mol. The average molecular weight is 149 g/mol. The van der Waals surface area contributed by atoms with E-state index in [0.717, 1.165) is 6.54 Å². The molecule has 0 saturated carbocycles. The fourth-order valence-corrected chi connectivity index (χ4v) is 0.161. The second-order valence-electron chi connectivity index (χ2n) is 1.44. The maximum Gasteiger partial charge on any atom is 0.149 e. The van der Waals surface area contributed by atoms with Crippen LogP contribution in [0.3, 0.4) is 0 Å². The molecule has 0 atom stereocenters. The van der Waals surface area contributed by atoms with Crippen LogP contribution in [0.15, 0.2) is 0 Å². The van der Waals surface area contributed by atoms with Crippen LogP contribution < -0.4 is 21.7 Å². The molecule has 0 aromatic rings. The van der Waals surface area contributed by atoms with Gasteiger partial charge in [-0.3, -0.25) is 0 Å². The van der Waals surface area contributed by atoms with Crippen LogP contribution in [0.25, 0.3) is 0 Å². The van der Waals surface area contributed by atoms with Crippen molar-refractivity contribution in [1.29, 1.82) is 0 Å². The number of amides is 1. The summed E-state index contributed by atoms with van der Waals surface area (Å²) in [6.45, 7) is 5.35. The highest BCUT2D eigenvalue weighted by atomic mass is 16.4. The zero-order valence-corrected chi connectivity index (χ0v) is 6.44. The molecule has 0 unspecified atom stereocenters. The van der Waals surface area contributed by atoms with Crippen molar-refractivity contribution in [3.05, 3.63) is 0 Å². The van der Waals surface area contributed by atoms with E-state index in [2.05, 4.69) is 11.2 Å². The van der Waals surface area contributed by atoms with Crippen molar-refractivity contribution < 1.29 is 15.6 Å². The van der Waals surface area contributed by atoms with Crippen molar-refractivity contribution in [2.45, 2.75) is 13.8 Å². The Balaban J connectivity index is 0. The van der Waals surface area contributed by atoms with E-state index in [4.69, 9.17) is 0 Å². The standard InChI is InChI=1S/C3H8N2O2.C2H7N/c1-2-4-5-3(6)7;1-2-3/h4-5H,2H2,1H3,(H,6,7);2-3H2,1H3. The van der Waals surface area contributed by atoms with E-state index in [9.17, 15) is 9.90 Å². The van der Waals surface area contributed by atoms with Gasteiger partial charge in [0.25, 0.3) is 0 Å². The van der Waals surface area contributed by atoms with Crippen LogP contribution in [0.4, 0.5) is 4.79 Å². The minimum atomic E-state index is -1.30. The fourth-order valence-electron chi connectivity index (χ4n) is 0.161. The molecule has 0 rings (SSSR count). The van der Waals surface area contributed by atoms with Crippen LogP contribution in [-0.4, -0.2) is 19.2 Å². The van der Waals surface area contributed by atoms with Crippen LogP contribution >= 0.6 is 0 Å². The first-order valence-corrected chi connectivity index (χ1v) is 3.18. The van der Waals surface area contributed by atoms with Gasteiger partial charge in [0, 0.05) is 6.54 Å². The maximum atomic E-state index is 9.47. The Hall–Kier alpha value is -0.810. The monoisotopic (exact) mass is 149 g/mol. The van der Waals surface area contributed by atoms with Crippen molar-refractivity contribution in [3.8, 4) is 0 Å². The van der Waals surface area contributed by atoms with E-state index in [1.165, 1.54) is 0 Å². The van der Waals surface area contributed by atoms with Crippen molar-refractivity contribution in [1.82, 2.24) is 10.9 Å². The van der Waals surface area contributed by atoms with Gasteiger partial charge in [-0.2, -0.15) is 0 Å². The Labute approximate surface area is 60.6 Å². The van der Waals surface area contributed by atoms with Gasteiger partial charge in [0.1, 0.15) is 6.09 Å². The van der Waals surface area contributed by atoms with E-state index in [1.807, 2.05) is 12.3 Å². The van der Waals surface area contributed by atoms with Gasteiger partial charge in [0.15, 0.2) is 0 Å². The molecular formula is C5H15N3O2. The molecule has 0 aromatic heterocycles. The molecule has 0 heterocycles. The van der Waals surface area contributed by atoms with Crippen LogP contribution in [0, 0.1) is 0 Å². The highest BCUT2D eigenvalue weighted by Crippen LogP contribution is 1.45. The molecule has 5 N–H and O–H groups in total. The van der Waals surface area contributed by atoms with Crippen LogP contribution in [0.5, 0.6) is 0 Å². The van der Waals surface area contributed by atoms with Gasteiger partial charge in [0.05, 0.1) is 6.54 Å². The molecule has 5 heteroatoms. The SMILES string of the molecule is CCNNC(=O)[O-].CC[NH3+]. The summed E-state index contributed by atoms with van der Waals surface area (Å²) in [4.78, 5) is 9.47. The maximum absolute atomic E-state index is 9.47. The minimum Gasteiger partial charge on any atom is -0.529 e. The lowest BCUT2D eigenvalue weighted by molar-refractivity contribution is -0.361. The summed E-state index contributed by atoms with van der Waals surface area (Å²) in [5.41, 5.74) is 7.67. The molecular weight excluding hydrogens is 134 g/mol. The van der Waals surface area contributed by atoms with Gasteiger partial charge >= 0.3 is 0 Å². The Bertz CT molecular complexity index is 77.3. The molecule has 0 spiro atoms. The number of quaternary nitrogens is 1. The summed E-state index contributed by atoms with van der Waals surface area (Å²) in [6, 6.07) is 0. The third-order valence-corrected chi connectivity index (χ3v) is 0.367. The second-order valence-corrected chi connectivity index (χ2v) is 1.44. The van der Waals surface area contributed by atoms with E-state index in [-0.39, 0.29) is 0 Å². The third kappa shape index (κ3) is 27.1. The number of carbonyl (C=O) groups excluding carboxylic acids is 1. The minimum absolute atomic E-state index is 0.563. The average Bonchev–Trinajstić information content (AvgIpc) is 1.85. The Morgan fingerprint density at radius 3 is 2.10 bits per heavy atom. The van der Waals surface area contributed by atoms with E-state index < -0.39 is 6.09 Å². The van der Waals surface area contributed by atoms with Crippen molar-refractivity contribution >= 4 is 6.09 Å². The number of carbonyl (C=O) groups is 1. The Morgan fingerprint density at radius 1 is 1.60 bits per heavy atom. The van der Waals surface area contributed by atoms with E-state index in [1.54, 1.807) is 6.92 Å². The number of nitrogens with one attached hydrogen (secondary N) is 2. The van der Waals surface area contributed by atoms with Gasteiger partial charge in [-0.15, -0.1) is 0 Å². The Kier molecular flexibility index (Phi) is 13.2. The van der Waals surface area contributed by atoms with Crippen molar-refractivity contribution in [2.75, 3.05) is 13.1 Å². The lowest BCUT2D eigenvalue weighted by Crippen LogP contribution is -2.48. The van der Waals surface area contributed by atoms with E-state index >= 15 is 0 Å². The lowest BCUT2D eigenvalue weighted by atomic mass is 10.8. The van der Waals surface area contributed by atoms with Gasteiger partial charge < -0.3 is 21.1 Å². The second kappa shape index (κ2) is 11.0. The first kappa shape index (κ1) is 11.9. The number of carboxylic acid groups (broad SMARTS) is 1. The van der Waals surface area contributed by atoms with Crippen LogP contribution in [0.1, 0.15) is 13.8 Å². The molecule has 0 aromatic carbocycles. The molecule has 10 heavy (non-hydrogen) atoms. The summed E-state index contributed by atoms with van der Waals surface area (Å²) in [7, 11) is 0. The number of hydrogen-bond acceptors (Lipinski definition) is 3. The van der Waals surface area contributed by atoms with Crippen molar-refractivity contribution in [3.63, 3.8) is 0 Å². The molecule has 0 aliphatic heterocycles. The third-order valence-electron chi connectivity index (χ3n) is 0.367. The van der Waals surface area contributed by atoms with Gasteiger partial charge in [0.2, 0.25) is 0 Å². The molecule has 1 amide bonds. The quantitative estimate of drug-likeness (QED) is 0.385. The largest absolute Gasteiger partial charge is 0.529 e. The smallest absolute Gasteiger partial charge is 0.149 e. The normalized spacial score (nSPS) is 7.50. The van der Waals surface area contributed by atoms with Crippen LogP contribution in [0.2, 0.25) is 0 Å². The summed E-state index contributed by atoms with van der Waals surface area (Å²) >= 11 is 0. The topological polar surface area (TPSA) is 91.8 Å². The molecule has 0 bridgehead atoms.